The fourth-order valence-electron chi connectivity index (χ4n) is 5.06. The van der Waals surface area contributed by atoms with Crippen molar-refractivity contribution in [2.75, 3.05) is 20.4 Å². The van der Waals surface area contributed by atoms with Gasteiger partial charge in [-0.1, -0.05) is 12.1 Å². The molecule has 186 valence electrons. The van der Waals surface area contributed by atoms with Crippen molar-refractivity contribution < 1.29 is 32.1 Å². The van der Waals surface area contributed by atoms with Gasteiger partial charge in [-0.3, -0.25) is 4.57 Å². The lowest BCUT2D eigenvalue weighted by atomic mass is 9.79. The Morgan fingerprint density at radius 1 is 1.06 bits per heavy atom. The molecule has 2 unspecified atom stereocenters. The predicted molar refractivity (Wildman–Crippen MR) is 126 cm³/mol. The maximum Gasteiger partial charge on any atom is 0.328 e. The molecule has 4 rings (SSSR count). The van der Waals surface area contributed by atoms with Gasteiger partial charge in [0.25, 0.3) is 7.37 Å². The van der Waals surface area contributed by atoms with E-state index in [-0.39, 0.29) is 17.7 Å². The molecule has 0 amide bonds. The molecule has 1 N–H and O–H groups in total. The highest BCUT2D eigenvalue weighted by Crippen LogP contribution is 2.65. The summed E-state index contributed by atoms with van der Waals surface area (Å²) in [4.78, 5) is 9.69. The van der Waals surface area contributed by atoms with Crippen LogP contribution < -0.4 is 9.47 Å². The van der Waals surface area contributed by atoms with Crippen LogP contribution in [0.5, 0.6) is 11.5 Å². The quantitative estimate of drug-likeness (QED) is 0.374. The monoisotopic (exact) mass is 496 g/mol. The number of hydrogen-bond donors (Lipinski definition) is 1. The van der Waals surface area contributed by atoms with E-state index in [2.05, 4.69) is 0 Å². The highest BCUT2D eigenvalue weighted by atomic mass is 31.2. The first-order valence-electron chi connectivity index (χ1n) is 11.8. The van der Waals surface area contributed by atoms with Crippen LogP contribution in [-0.4, -0.2) is 30.9 Å². The molecule has 34 heavy (non-hydrogen) atoms. The SMILES string of the molecule is COc1ccc(F)c(C2CCC(COc3cccc(C(C4CC4)C(F)(F)P(C)(=O)O)c3)CC2)c1. The first kappa shape index (κ1) is 25.1. The number of alkyl halides is 2. The van der Waals surface area contributed by atoms with Gasteiger partial charge in [0.15, 0.2) is 0 Å². The molecule has 2 fully saturated rings. The number of rotatable bonds is 9. The Kier molecular flexibility index (Phi) is 7.35. The Balaban J connectivity index is 1.37. The van der Waals surface area contributed by atoms with Crippen LogP contribution in [-0.2, 0) is 4.57 Å². The van der Waals surface area contributed by atoms with Crippen molar-refractivity contribution in [2.24, 2.45) is 11.8 Å². The highest BCUT2D eigenvalue weighted by Gasteiger charge is 2.57. The molecule has 2 aliphatic carbocycles. The summed E-state index contributed by atoms with van der Waals surface area (Å²) in [5, 5.41) is 0. The molecule has 0 spiro atoms. The second-order valence-corrected chi connectivity index (χ2v) is 12.1. The number of methoxy groups -OCH3 is 1. The summed E-state index contributed by atoms with van der Waals surface area (Å²) in [5.41, 5.74) is -2.64. The minimum atomic E-state index is -4.61. The molecule has 8 heteroatoms. The van der Waals surface area contributed by atoms with E-state index in [0.717, 1.165) is 32.3 Å². The number of ether oxygens (including phenoxy) is 2. The van der Waals surface area contributed by atoms with Crippen molar-refractivity contribution in [1.82, 2.24) is 0 Å². The van der Waals surface area contributed by atoms with Gasteiger partial charge in [-0.25, -0.2) is 4.39 Å². The van der Waals surface area contributed by atoms with Crippen LogP contribution in [0.15, 0.2) is 42.5 Å². The van der Waals surface area contributed by atoms with Crippen LogP contribution in [0.2, 0.25) is 0 Å². The second kappa shape index (κ2) is 9.94. The Morgan fingerprint density at radius 3 is 2.38 bits per heavy atom. The van der Waals surface area contributed by atoms with Gasteiger partial charge in [-0.05, 0) is 97.7 Å². The first-order chi connectivity index (χ1) is 16.1. The zero-order chi connectivity index (χ0) is 24.5. The molecule has 2 aromatic carbocycles. The zero-order valence-corrected chi connectivity index (χ0v) is 20.4. The van der Waals surface area contributed by atoms with Crippen molar-refractivity contribution in [2.45, 2.75) is 56.0 Å². The number of halogens is 3. The summed E-state index contributed by atoms with van der Waals surface area (Å²) in [6.07, 6.45) is 4.71. The van der Waals surface area contributed by atoms with E-state index in [1.54, 1.807) is 43.5 Å². The van der Waals surface area contributed by atoms with Crippen molar-refractivity contribution in [1.29, 1.82) is 0 Å². The van der Waals surface area contributed by atoms with Gasteiger partial charge in [0.1, 0.15) is 17.3 Å². The van der Waals surface area contributed by atoms with E-state index in [1.165, 1.54) is 6.07 Å². The minimum Gasteiger partial charge on any atom is -0.497 e. The lowest BCUT2D eigenvalue weighted by molar-refractivity contribution is 0.0388. The fraction of sp³-hybridized carbons (Fsp3) is 0.538. The molecule has 2 aliphatic rings. The summed E-state index contributed by atoms with van der Waals surface area (Å²) < 4.78 is 67.1. The Hall–Kier alpha value is -1.98. The molecule has 0 heterocycles. The lowest BCUT2D eigenvalue weighted by Crippen LogP contribution is -2.28. The number of benzene rings is 2. The number of hydrogen-bond acceptors (Lipinski definition) is 3. The van der Waals surface area contributed by atoms with Crippen molar-refractivity contribution in [3.63, 3.8) is 0 Å². The summed E-state index contributed by atoms with van der Waals surface area (Å²) in [6, 6.07) is 11.4. The van der Waals surface area contributed by atoms with Gasteiger partial charge >= 0.3 is 5.66 Å². The molecule has 2 atom stereocenters. The molecule has 4 nitrogen and oxygen atoms in total. The Labute approximate surface area is 198 Å². The summed E-state index contributed by atoms with van der Waals surface area (Å²) in [6.45, 7) is 1.18. The molecule has 0 aromatic heterocycles. The lowest BCUT2D eigenvalue weighted by Gasteiger charge is -2.30. The van der Waals surface area contributed by atoms with Crippen LogP contribution in [0.4, 0.5) is 13.2 Å². The second-order valence-electron chi connectivity index (χ2n) is 9.77. The molecular weight excluding hydrogens is 464 g/mol. The third-order valence-corrected chi connectivity index (χ3v) is 8.60. The normalized spacial score (nSPS) is 23.7. The van der Waals surface area contributed by atoms with Crippen LogP contribution in [0.3, 0.4) is 0 Å². The summed E-state index contributed by atoms with van der Waals surface area (Å²) in [7, 11) is -3.04. The van der Waals surface area contributed by atoms with Crippen LogP contribution >= 0.6 is 7.37 Å². The van der Waals surface area contributed by atoms with Crippen molar-refractivity contribution in [3.05, 3.63) is 59.4 Å². The van der Waals surface area contributed by atoms with Gasteiger partial charge in [0.2, 0.25) is 0 Å². The topological polar surface area (TPSA) is 55.8 Å². The van der Waals surface area contributed by atoms with Gasteiger partial charge in [-0.15, -0.1) is 0 Å². The molecule has 0 saturated heterocycles. The average molecular weight is 497 g/mol. The summed E-state index contributed by atoms with van der Waals surface area (Å²) in [5.74, 6) is -0.218. The standard InChI is InChI=1S/C26H32F3O4P/c1-32-21-12-13-24(27)23(15-21)18-8-6-17(7-9-18)16-33-22-5-3-4-20(14-22)25(19-10-11-19)26(28,29)34(2,30)31/h3-5,12-15,17-19,25H,6-11,16H2,1-2H3,(H,30,31). The minimum absolute atomic E-state index is 0.138. The van der Waals surface area contributed by atoms with Crippen LogP contribution in [0.25, 0.3) is 0 Å². The smallest absolute Gasteiger partial charge is 0.328 e. The first-order valence-corrected chi connectivity index (χ1v) is 13.9. The molecule has 0 radical (unpaired) electrons. The third kappa shape index (κ3) is 5.46. The Bertz CT molecular complexity index is 1040. The molecule has 2 aromatic rings. The van der Waals surface area contributed by atoms with Crippen molar-refractivity contribution in [3.8, 4) is 11.5 Å². The Morgan fingerprint density at radius 2 is 1.76 bits per heavy atom. The van der Waals surface area contributed by atoms with Crippen LogP contribution in [0, 0.1) is 17.7 Å². The molecule has 0 bridgehead atoms. The van der Waals surface area contributed by atoms with E-state index < -0.39 is 19.0 Å². The average Bonchev–Trinajstić information content (AvgIpc) is 3.63. The van der Waals surface area contributed by atoms with E-state index in [1.807, 2.05) is 0 Å². The van der Waals surface area contributed by atoms with Crippen molar-refractivity contribution >= 4 is 7.37 Å². The molecule has 0 aliphatic heterocycles. The highest BCUT2D eigenvalue weighted by molar-refractivity contribution is 7.58. The van der Waals surface area contributed by atoms with Gasteiger partial charge < -0.3 is 14.4 Å². The largest absolute Gasteiger partial charge is 0.497 e. The maximum absolute atomic E-state index is 14.8. The van der Waals surface area contributed by atoms with E-state index in [0.29, 0.717) is 48.0 Å². The maximum atomic E-state index is 14.8. The van der Waals surface area contributed by atoms with Gasteiger partial charge in [-0.2, -0.15) is 8.78 Å². The van der Waals surface area contributed by atoms with Gasteiger partial charge in [0, 0.05) is 6.66 Å². The third-order valence-electron chi connectivity index (χ3n) is 7.21. The zero-order valence-electron chi connectivity index (χ0n) is 19.6. The molecular formula is C26H32F3O4P. The van der Waals surface area contributed by atoms with E-state index in [9.17, 15) is 22.6 Å². The predicted octanol–water partition coefficient (Wildman–Crippen LogP) is 7.17. The fourth-order valence-corrected chi connectivity index (χ4v) is 5.93. The van der Waals surface area contributed by atoms with E-state index in [4.69, 9.17) is 9.47 Å². The van der Waals surface area contributed by atoms with Crippen LogP contribution in [0.1, 0.15) is 61.5 Å². The van der Waals surface area contributed by atoms with Gasteiger partial charge in [0.05, 0.1) is 19.6 Å². The molecule has 2 saturated carbocycles. The summed E-state index contributed by atoms with van der Waals surface area (Å²) >= 11 is 0. The van der Waals surface area contributed by atoms with E-state index >= 15 is 0 Å².